The molecule has 5 aliphatic rings. The highest BCUT2D eigenvalue weighted by atomic mass is 15.0. The lowest BCUT2D eigenvalue weighted by Crippen LogP contribution is -2.48. The van der Waals surface area contributed by atoms with E-state index in [9.17, 15) is 0 Å². The molecule has 7 aromatic carbocycles. The van der Waals surface area contributed by atoms with Crippen molar-refractivity contribution in [3.8, 4) is 67.5 Å². The first-order valence-electron chi connectivity index (χ1n) is 20.9. The van der Waals surface area contributed by atoms with Crippen molar-refractivity contribution in [1.29, 1.82) is 0 Å². The fourth-order valence-electron chi connectivity index (χ4n) is 12.0. The molecule has 0 aliphatic heterocycles. The zero-order valence-electron chi connectivity index (χ0n) is 32.0. The van der Waals surface area contributed by atoms with Crippen LogP contribution in [-0.4, -0.2) is 15.0 Å². The summed E-state index contributed by atoms with van der Waals surface area (Å²) in [5.41, 5.74) is 13.9. The Balaban J connectivity index is 1.01. The van der Waals surface area contributed by atoms with Crippen molar-refractivity contribution in [2.75, 3.05) is 0 Å². The number of rotatable bonds is 6. The van der Waals surface area contributed by atoms with E-state index in [2.05, 4.69) is 164 Å². The monoisotopic (exact) mass is 733 g/mol. The normalized spacial score (nSPS) is 22.7. The summed E-state index contributed by atoms with van der Waals surface area (Å²) in [7, 11) is 0. The number of nitrogens with zero attached hydrogens (tertiary/aromatic N) is 3. The van der Waals surface area contributed by atoms with Gasteiger partial charge in [-0.2, -0.15) is 0 Å². The van der Waals surface area contributed by atoms with Crippen LogP contribution in [0, 0.1) is 23.2 Å². The molecule has 3 heteroatoms. The zero-order chi connectivity index (χ0) is 37.5. The van der Waals surface area contributed by atoms with Gasteiger partial charge in [0.1, 0.15) is 0 Å². The molecule has 0 radical (unpaired) electrons. The molecule has 3 nitrogen and oxygen atoms in total. The van der Waals surface area contributed by atoms with Crippen LogP contribution < -0.4 is 0 Å². The van der Waals surface area contributed by atoms with Gasteiger partial charge in [0.2, 0.25) is 0 Å². The van der Waals surface area contributed by atoms with Crippen molar-refractivity contribution in [2.24, 2.45) is 23.2 Å². The quantitative estimate of drug-likeness (QED) is 0.171. The topological polar surface area (TPSA) is 38.7 Å². The van der Waals surface area contributed by atoms with E-state index < -0.39 is 0 Å². The molecule has 8 aromatic rings. The Bertz CT molecular complexity index is 2670. The molecule has 0 saturated heterocycles. The molecule has 1 unspecified atom stereocenters. The minimum atomic E-state index is 0.300. The number of aromatic nitrogens is 3. The molecule has 1 heterocycles. The van der Waals surface area contributed by atoms with E-state index in [1.807, 2.05) is 0 Å². The van der Waals surface area contributed by atoms with E-state index in [1.54, 1.807) is 5.56 Å². The van der Waals surface area contributed by atoms with Crippen LogP contribution in [0.2, 0.25) is 0 Å². The third kappa shape index (κ3) is 5.51. The summed E-state index contributed by atoms with van der Waals surface area (Å²) in [6.07, 6.45) is 8.39. The molecule has 1 atom stereocenters. The van der Waals surface area contributed by atoms with E-state index in [0.717, 1.165) is 40.3 Å². The second-order valence-corrected chi connectivity index (χ2v) is 17.5. The van der Waals surface area contributed by atoms with Crippen molar-refractivity contribution in [1.82, 2.24) is 15.0 Å². The Hall–Kier alpha value is -6.19. The van der Waals surface area contributed by atoms with Gasteiger partial charge in [0.15, 0.2) is 17.5 Å². The molecule has 0 spiro atoms. The van der Waals surface area contributed by atoms with E-state index in [4.69, 9.17) is 15.0 Å². The van der Waals surface area contributed by atoms with E-state index >= 15 is 0 Å². The van der Waals surface area contributed by atoms with Crippen molar-refractivity contribution in [2.45, 2.75) is 44.4 Å². The highest BCUT2D eigenvalue weighted by Crippen LogP contribution is 2.69. The number of hydrogen-bond acceptors (Lipinski definition) is 3. The van der Waals surface area contributed by atoms with Crippen LogP contribution in [0.25, 0.3) is 78.3 Å². The Labute approximate surface area is 334 Å². The highest BCUT2D eigenvalue weighted by Gasteiger charge is 2.56. The molecule has 57 heavy (non-hydrogen) atoms. The summed E-state index contributed by atoms with van der Waals surface area (Å²) in [4.78, 5) is 15.7. The minimum absolute atomic E-state index is 0.300. The molecule has 4 fully saturated rings. The van der Waals surface area contributed by atoms with Gasteiger partial charge in [0.25, 0.3) is 0 Å². The average molecular weight is 734 g/mol. The predicted molar refractivity (Wildman–Crippen MR) is 232 cm³/mol. The van der Waals surface area contributed by atoms with Gasteiger partial charge < -0.3 is 0 Å². The second kappa shape index (κ2) is 12.9. The van der Waals surface area contributed by atoms with Gasteiger partial charge in [-0.05, 0) is 123 Å². The minimum Gasteiger partial charge on any atom is -0.208 e. The van der Waals surface area contributed by atoms with Gasteiger partial charge in [0.05, 0.1) is 0 Å². The third-order valence-electron chi connectivity index (χ3n) is 14.0. The molecule has 5 aliphatic carbocycles. The lowest BCUT2D eigenvalue weighted by atomic mass is 9.45. The third-order valence-corrected chi connectivity index (χ3v) is 14.0. The van der Waals surface area contributed by atoms with E-state index in [0.29, 0.717) is 23.0 Å². The van der Waals surface area contributed by atoms with Gasteiger partial charge in [0, 0.05) is 22.6 Å². The maximum absolute atomic E-state index is 5.29. The molecule has 0 N–H and O–H groups in total. The highest BCUT2D eigenvalue weighted by molar-refractivity contribution is 5.97. The maximum Gasteiger partial charge on any atom is 0.164 e. The molecular weight excluding hydrogens is 691 g/mol. The van der Waals surface area contributed by atoms with Crippen LogP contribution in [0.3, 0.4) is 0 Å². The largest absolute Gasteiger partial charge is 0.208 e. The van der Waals surface area contributed by atoms with Crippen LogP contribution in [0.4, 0.5) is 0 Å². The standard InChI is InChI=1S/C54H43N3/c1-3-9-37(10-4-1)39-15-19-42(20-16-39)51-55-52(43-21-17-40(18-22-43)38-11-5-2-6-12-38)57-53(56-51)44-24-25-46-47-26-23-41-13-7-8-14-45(41)49(47)50(48(46)30-44)54-31-34-27-35(32-54)29-36(28-34)33-54/h1-26,30,34-36,50H,27-29,31-33H2. The first-order chi connectivity index (χ1) is 28.1. The van der Waals surface area contributed by atoms with Crippen molar-refractivity contribution >= 4 is 10.8 Å². The predicted octanol–water partition coefficient (Wildman–Crippen LogP) is 13.7. The SMILES string of the molecule is c1ccc(-c2ccc(-c3nc(-c4ccc(-c5ccccc5)cc4)nc(-c4ccc5c(c4)C(C46CC7CC(CC(C7)C4)C6)c4c-5ccc5ccccc45)n3)cc2)cc1. The fraction of sp³-hybridized carbons (Fsp3) is 0.204. The smallest absolute Gasteiger partial charge is 0.164 e. The Morgan fingerprint density at radius 2 is 0.825 bits per heavy atom. The lowest BCUT2D eigenvalue weighted by molar-refractivity contribution is -0.0610. The number of fused-ring (bicyclic) bond motifs is 5. The van der Waals surface area contributed by atoms with Gasteiger partial charge >= 0.3 is 0 Å². The summed E-state index contributed by atoms with van der Waals surface area (Å²) < 4.78 is 0. The molecular formula is C54H43N3. The average Bonchev–Trinajstić information content (AvgIpc) is 3.62. The van der Waals surface area contributed by atoms with Crippen molar-refractivity contribution in [3.05, 3.63) is 175 Å². The zero-order valence-corrected chi connectivity index (χ0v) is 32.0. The maximum atomic E-state index is 5.29. The Morgan fingerprint density at radius 1 is 0.386 bits per heavy atom. The molecule has 0 amide bonds. The first kappa shape index (κ1) is 33.0. The number of hydrogen-bond donors (Lipinski definition) is 0. The molecule has 4 bridgehead atoms. The van der Waals surface area contributed by atoms with Crippen molar-refractivity contribution < 1.29 is 0 Å². The fourth-order valence-corrected chi connectivity index (χ4v) is 12.0. The van der Waals surface area contributed by atoms with Crippen molar-refractivity contribution in [3.63, 3.8) is 0 Å². The molecule has 4 saturated carbocycles. The van der Waals surface area contributed by atoms with Crippen LogP contribution in [-0.2, 0) is 0 Å². The Morgan fingerprint density at radius 3 is 1.39 bits per heavy atom. The Kier molecular flexibility index (Phi) is 7.48. The van der Waals surface area contributed by atoms with Gasteiger partial charge in [-0.15, -0.1) is 0 Å². The van der Waals surface area contributed by atoms with Crippen LogP contribution in [0.5, 0.6) is 0 Å². The van der Waals surface area contributed by atoms with Crippen LogP contribution >= 0.6 is 0 Å². The molecule has 274 valence electrons. The van der Waals surface area contributed by atoms with Gasteiger partial charge in [-0.25, -0.2) is 15.0 Å². The summed E-state index contributed by atoms with van der Waals surface area (Å²) in [6, 6.07) is 59.3. The first-order valence-corrected chi connectivity index (χ1v) is 20.9. The number of benzene rings is 7. The van der Waals surface area contributed by atoms with Crippen LogP contribution in [0.15, 0.2) is 164 Å². The summed E-state index contributed by atoms with van der Waals surface area (Å²) in [5, 5.41) is 2.78. The molecule has 13 rings (SSSR count). The summed E-state index contributed by atoms with van der Waals surface area (Å²) >= 11 is 0. The van der Waals surface area contributed by atoms with Gasteiger partial charge in [-0.1, -0.05) is 158 Å². The molecule has 1 aromatic heterocycles. The summed E-state index contributed by atoms with van der Waals surface area (Å²) in [5.74, 6) is 5.09. The lowest BCUT2D eigenvalue weighted by Gasteiger charge is -2.59. The summed E-state index contributed by atoms with van der Waals surface area (Å²) in [6.45, 7) is 0. The van der Waals surface area contributed by atoms with E-state index in [1.165, 1.54) is 88.2 Å². The van der Waals surface area contributed by atoms with Crippen LogP contribution in [0.1, 0.15) is 55.6 Å². The second-order valence-electron chi connectivity index (χ2n) is 17.5. The van der Waals surface area contributed by atoms with E-state index in [-0.39, 0.29) is 0 Å². The van der Waals surface area contributed by atoms with Gasteiger partial charge in [-0.3, -0.25) is 0 Å².